The van der Waals surface area contributed by atoms with Gasteiger partial charge in [0.2, 0.25) is 0 Å². The van der Waals surface area contributed by atoms with Crippen LogP contribution in [-0.4, -0.2) is 18.0 Å². The molecule has 0 spiro atoms. The monoisotopic (exact) mass is 203 g/mol. The maximum absolute atomic E-state index is 4.33. The van der Waals surface area contributed by atoms with Gasteiger partial charge in [-0.1, -0.05) is 13.8 Å². The average Bonchev–Trinajstić information content (AvgIpc) is 2.25. The Morgan fingerprint density at radius 3 is 2.73 bits per heavy atom. The summed E-state index contributed by atoms with van der Waals surface area (Å²) in [5.74, 6) is 0.719. The quantitative estimate of drug-likeness (QED) is 0.693. The van der Waals surface area contributed by atoms with Crippen LogP contribution in [0.2, 0.25) is 0 Å². The molecular formula is C12H17N3. The van der Waals surface area contributed by atoms with E-state index in [1.807, 2.05) is 12.1 Å². The Bertz CT molecular complexity index is 346. The van der Waals surface area contributed by atoms with Crippen LogP contribution >= 0.6 is 0 Å². The number of aromatic nitrogens is 1. The first-order chi connectivity index (χ1) is 7.22. The van der Waals surface area contributed by atoms with E-state index in [1.54, 1.807) is 13.2 Å². The number of hydrogen-bond donors (Lipinski definition) is 0. The summed E-state index contributed by atoms with van der Waals surface area (Å²) in [6.07, 6.45) is 3.96. The van der Waals surface area contributed by atoms with Gasteiger partial charge < -0.3 is 0 Å². The highest BCUT2D eigenvalue weighted by molar-refractivity contribution is 5.51. The molecule has 15 heavy (non-hydrogen) atoms. The second-order valence-electron chi connectivity index (χ2n) is 3.88. The standard InChI is InChI=1S/C12H17N3/c1-10(2)4-5-11-6-7-12(8-14-11)15-9-13-3/h6-8,10H,4-5H2,1-3H3. The Morgan fingerprint density at radius 1 is 1.40 bits per heavy atom. The summed E-state index contributed by atoms with van der Waals surface area (Å²) in [6, 6.07) is 6.50. The topological polar surface area (TPSA) is 37.6 Å². The van der Waals surface area contributed by atoms with E-state index in [0.29, 0.717) is 0 Å². The number of rotatable bonds is 4. The minimum Gasteiger partial charge on any atom is -0.259 e. The second-order valence-corrected chi connectivity index (χ2v) is 3.88. The molecule has 0 bridgehead atoms. The molecule has 0 amide bonds. The number of pyridine rings is 1. The van der Waals surface area contributed by atoms with E-state index in [9.17, 15) is 0 Å². The zero-order valence-electron chi connectivity index (χ0n) is 9.57. The van der Waals surface area contributed by atoms with Gasteiger partial charge in [-0.3, -0.25) is 4.98 Å². The molecule has 0 saturated heterocycles. The van der Waals surface area contributed by atoms with Crippen LogP contribution in [0.15, 0.2) is 28.3 Å². The van der Waals surface area contributed by atoms with E-state index in [0.717, 1.165) is 23.7 Å². The molecule has 80 valence electrons. The van der Waals surface area contributed by atoms with E-state index >= 15 is 0 Å². The lowest BCUT2D eigenvalue weighted by Gasteiger charge is -2.03. The van der Waals surface area contributed by atoms with Crippen molar-refractivity contribution in [3.8, 4) is 0 Å². The molecule has 0 atom stereocenters. The van der Waals surface area contributed by atoms with Crippen molar-refractivity contribution in [2.24, 2.45) is 15.9 Å². The van der Waals surface area contributed by atoms with Crippen molar-refractivity contribution in [2.75, 3.05) is 7.05 Å². The normalized spacial score (nSPS) is 9.87. The van der Waals surface area contributed by atoms with Crippen molar-refractivity contribution >= 4 is 11.7 Å². The summed E-state index contributed by atoms with van der Waals surface area (Å²) < 4.78 is 0. The highest BCUT2D eigenvalue weighted by Gasteiger charge is 1.98. The molecule has 3 nitrogen and oxygen atoms in total. The third kappa shape index (κ3) is 4.52. The molecule has 1 heterocycles. The molecule has 0 aliphatic heterocycles. The molecule has 0 saturated carbocycles. The molecule has 0 aliphatic rings. The predicted molar refractivity (Wildman–Crippen MR) is 62.8 cm³/mol. The van der Waals surface area contributed by atoms with Crippen molar-refractivity contribution in [1.29, 1.82) is 0 Å². The Labute approximate surface area is 91.0 Å². The minimum absolute atomic E-state index is 0.719. The summed E-state index contributed by atoms with van der Waals surface area (Å²) in [5.41, 5.74) is 1.92. The van der Waals surface area contributed by atoms with Crippen LogP contribution in [-0.2, 0) is 6.42 Å². The molecule has 1 rings (SSSR count). The van der Waals surface area contributed by atoms with Gasteiger partial charge in [0.05, 0.1) is 17.9 Å². The Balaban J connectivity index is 2.60. The van der Waals surface area contributed by atoms with Gasteiger partial charge in [0.1, 0.15) is 0 Å². The molecule has 3 heteroatoms. The molecule has 0 radical (unpaired) electrons. The Kier molecular flexibility index (Phi) is 4.72. The first-order valence-corrected chi connectivity index (χ1v) is 5.22. The maximum atomic E-state index is 4.33. The first-order valence-electron chi connectivity index (χ1n) is 5.22. The fourth-order valence-electron chi connectivity index (χ4n) is 1.17. The van der Waals surface area contributed by atoms with Gasteiger partial charge in [-0.15, -0.1) is 0 Å². The van der Waals surface area contributed by atoms with Gasteiger partial charge in [-0.25, -0.2) is 4.99 Å². The number of aliphatic imine (C=N–C) groups is 2. The van der Waals surface area contributed by atoms with Crippen LogP contribution in [0, 0.1) is 5.92 Å². The lowest BCUT2D eigenvalue weighted by molar-refractivity contribution is 0.581. The van der Waals surface area contributed by atoms with Crippen LogP contribution in [0.3, 0.4) is 0 Å². The van der Waals surface area contributed by atoms with Gasteiger partial charge in [0.25, 0.3) is 0 Å². The van der Waals surface area contributed by atoms with E-state index < -0.39 is 0 Å². The summed E-state index contributed by atoms with van der Waals surface area (Å²) in [4.78, 5) is 12.0. The third-order valence-electron chi connectivity index (χ3n) is 2.07. The van der Waals surface area contributed by atoms with E-state index in [1.165, 1.54) is 6.42 Å². The smallest absolute Gasteiger partial charge is 0.0946 e. The lowest BCUT2D eigenvalue weighted by atomic mass is 10.1. The third-order valence-corrected chi connectivity index (χ3v) is 2.07. The number of nitrogens with zero attached hydrogens (tertiary/aromatic N) is 3. The summed E-state index contributed by atoms with van der Waals surface area (Å²) in [6.45, 7) is 4.44. The Morgan fingerprint density at radius 2 is 2.20 bits per heavy atom. The second kappa shape index (κ2) is 6.10. The van der Waals surface area contributed by atoms with Crippen molar-refractivity contribution in [1.82, 2.24) is 4.98 Å². The average molecular weight is 203 g/mol. The van der Waals surface area contributed by atoms with Crippen molar-refractivity contribution in [2.45, 2.75) is 26.7 Å². The summed E-state index contributed by atoms with van der Waals surface area (Å²) in [7, 11) is 1.65. The van der Waals surface area contributed by atoms with Gasteiger partial charge >= 0.3 is 0 Å². The van der Waals surface area contributed by atoms with Crippen LogP contribution in [0.25, 0.3) is 0 Å². The molecule has 1 aromatic rings. The van der Waals surface area contributed by atoms with Crippen LogP contribution in [0.5, 0.6) is 0 Å². The van der Waals surface area contributed by atoms with E-state index in [2.05, 4.69) is 34.8 Å². The fourth-order valence-corrected chi connectivity index (χ4v) is 1.17. The predicted octanol–water partition coefficient (Wildman–Crippen LogP) is 3.11. The van der Waals surface area contributed by atoms with Crippen LogP contribution in [0.1, 0.15) is 26.0 Å². The molecule has 0 N–H and O–H groups in total. The van der Waals surface area contributed by atoms with Crippen molar-refractivity contribution in [3.63, 3.8) is 0 Å². The van der Waals surface area contributed by atoms with Gasteiger partial charge in [-0.2, -0.15) is 4.99 Å². The van der Waals surface area contributed by atoms with Crippen LogP contribution in [0.4, 0.5) is 5.69 Å². The highest BCUT2D eigenvalue weighted by atomic mass is 14.8. The maximum Gasteiger partial charge on any atom is 0.0946 e. The zero-order valence-corrected chi connectivity index (χ0v) is 9.57. The van der Waals surface area contributed by atoms with E-state index in [4.69, 9.17) is 0 Å². The zero-order chi connectivity index (χ0) is 11.1. The highest BCUT2D eigenvalue weighted by Crippen LogP contribution is 2.12. The largest absolute Gasteiger partial charge is 0.259 e. The Hall–Kier alpha value is -1.47. The minimum atomic E-state index is 0.719. The van der Waals surface area contributed by atoms with Gasteiger partial charge in [0.15, 0.2) is 0 Å². The van der Waals surface area contributed by atoms with Gasteiger partial charge in [-0.05, 0) is 30.9 Å². The number of hydrogen-bond acceptors (Lipinski definition) is 3. The van der Waals surface area contributed by atoms with E-state index in [-0.39, 0.29) is 0 Å². The SMILES string of the molecule is CN=C=Nc1ccc(CCC(C)C)nc1. The first kappa shape index (κ1) is 11.6. The number of aryl methyl sites for hydroxylation is 1. The fraction of sp³-hybridized carbons (Fsp3) is 0.500. The lowest BCUT2D eigenvalue weighted by Crippen LogP contribution is -1.94. The molecule has 0 fully saturated rings. The molecular weight excluding hydrogens is 186 g/mol. The summed E-state index contributed by atoms with van der Waals surface area (Å²) >= 11 is 0. The van der Waals surface area contributed by atoms with Crippen molar-refractivity contribution in [3.05, 3.63) is 24.0 Å². The van der Waals surface area contributed by atoms with Crippen LogP contribution < -0.4 is 0 Å². The molecule has 1 aromatic heterocycles. The molecule has 0 aliphatic carbocycles. The van der Waals surface area contributed by atoms with Crippen molar-refractivity contribution < 1.29 is 0 Å². The summed E-state index contributed by atoms with van der Waals surface area (Å²) in [5, 5.41) is 0. The molecule has 0 unspecified atom stereocenters. The van der Waals surface area contributed by atoms with Gasteiger partial charge in [0, 0.05) is 12.7 Å². The molecule has 0 aromatic carbocycles.